The summed E-state index contributed by atoms with van der Waals surface area (Å²) in [5.74, 6) is -0.191. The maximum absolute atomic E-state index is 12.1. The molecule has 0 spiro atoms. The van der Waals surface area contributed by atoms with Gasteiger partial charge < -0.3 is 24.8 Å². The zero-order valence-corrected chi connectivity index (χ0v) is 23.7. The van der Waals surface area contributed by atoms with Crippen LogP contribution >= 0.6 is 12.2 Å². The van der Waals surface area contributed by atoms with E-state index in [2.05, 4.69) is 77.3 Å². The molecule has 1 aliphatic rings. The smallest absolute Gasteiger partial charge is 0.250 e. The van der Waals surface area contributed by atoms with Crippen LogP contribution in [0.15, 0.2) is 72.9 Å². The summed E-state index contributed by atoms with van der Waals surface area (Å²) < 4.78 is 7.28. The van der Waals surface area contributed by atoms with Gasteiger partial charge in [-0.15, -0.1) is 0 Å². The number of para-hydroxylation sites is 1. The van der Waals surface area contributed by atoms with Gasteiger partial charge in [-0.05, 0) is 99.1 Å². The molecule has 0 unspecified atom stereocenters. The first-order valence-electron chi connectivity index (χ1n) is 12.9. The second-order valence-electron chi connectivity index (χ2n) is 9.93. The van der Waals surface area contributed by atoms with Crippen molar-refractivity contribution in [3.8, 4) is 5.69 Å². The van der Waals surface area contributed by atoms with E-state index in [1.54, 1.807) is 0 Å². The molecule has 2 atom stereocenters. The number of aromatic nitrogens is 2. The monoisotopic (exact) mass is 539 g/mol. The lowest BCUT2D eigenvalue weighted by molar-refractivity contribution is -0.119. The Hall–Kier alpha value is -4.01. The Kier molecular flexibility index (Phi) is 7.50. The summed E-state index contributed by atoms with van der Waals surface area (Å²) in [4.78, 5) is 19.0. The minimum atomic E-state index is -0.191. The molecule has 1 amide bonds. The number of rotatable bonds is 7. The molecule has 5 rings (SSSR count). The average Bonchev–Trinajstić information content (AvgIpc) is 3.41. The summed E-state index contributed by atoms with van der Waals surface area (Å²) in [6.45, 7) is 8.44. The maximum Gasteiger partial charge on any atom is 0.250 e. The average molecular weight is 540 g/mol. The number of hydrogen-bond acceptors (Lipinski definition) is 4. The maximum atomic E-state index is 12.1. The summed E-state index contributed by atoms with van der Waals surface area (Å²) in [6.07, 6.45) is 1.82. The van der Waals surface area contributed by atoms with E-state index in [-0.39, 0.29) is 24.6 Å². The van der Waals surface area contributed by atoms with Crippen LogP contribution in [0.2, 0.25) is 0 Å². The van der Waals surface area contributed by atoms with Gasteiger partial charge in [0.15, 0.2) is 5.11 Å². The molecule has 2 N–H and O–H groups in total. The number of methoxy groups -OCH3 is 1. The number of hydrogen-bond donors (Lipinski definition) is 2. The highest BCUT2D eigenvalue weighted by Crippen LogP contribution is 2.44. The van der Waals surface area contributed by atoms with Crippen molar-refractivity contribution in [1.82, 2.24) is 14.9 Å². The lowest BCUT2D eigenvalue weighted by Crippen LogP contribution is -2.29. The Morgan fingerprint density at radius 3 is 2.49 bits per heavy atom. The molecule has 0 radical (unpaired) electrons. The quantitative estimate of drug-likeness (QED) is 0.286. The Labute approximate surface area is 234 Å². The van der Waals surface area contributed by atoms with Crippen molar-refractivity contribution in [1.29, 1.82) is 0 Å². The highest BCUT2D eigenvalue weighted by Gasteiger charge is 2.42. The van der Waals surface area contributed by atoms with Gasteiger partial charge in [0.1, 0.15) is 6.61 Å². The zero-order valence-electron chi connectivity index (χ0n) is 22.9. The predicted octanol–water partition coefficient (Wildman–Crippen LogP) is 5.87. The van der Waals surface area contributed by atoms with Gasteiger partial charge in [0.25, 0.3) is 0 Å². The molecule has 0 bridgehead atoms. The number of nitrogens with zero attached hydrogens (tertiary/aromatic N) is 3. The first kappa shape index (κ1) is 26.6. The molecule has 39 heavy (non-hydrogen) atoms. The SMILES string of the molecule is COCC(=O)Nc1ccc(N2C(=S)N[C@H](c3ccccn3)[C@@H]2c2cc(C)n(-c3ccccc3C)c2C)cc1C. The Morgan fingerprint density at radius 2 is 1.79 bits per heavy atom. The number of amides is 1. The first-order chi connectivity index (χ1) is 18.8. The van der Waals surface area contributed by atoms with Crippen LogP contribution in [0.4, 0.5) is 11.4 Å². The topological polar surface area (TPSA) is 71.4 Å². The van der Waals surface area contributed by atoms with Crippen molar-refractivity contribution >= 4 is 34.6 Å². The van der Waals surface area contributed by atoms with E-state index in [1.165, 1.54) is 23.9 Å². The van der Waals surface area contributed by atoms with E-state index in [0.29, 0.717) is 5.11 Å². The van der Waals surface area contributed by atoms with Gasteiger partial charge in [0.05, 0.1) is 17.8 Å². The standard InChI is InChI=1S/C31H33N5O2S/c1-19-10-6-7-12-27(19)35-21(3)17-24(22(35)4)30-29(26-11-8-9-15-32-26)34-31(39)36(30)23-13-14-25(20(2)16-23)33-28(37)18-38-5/h6-17,29-30H,18H2,1-5H3,(H,33,37)(H,34,39)/t29-,30+/m1/s1. The summed E-state index contributed by atoms with van der Waals surface area (Å²) in [5.41, 5.74) is 9.41. The number of aryl methyl sites for hydroxylation is 3. The van der Waals surface area contributed by atoms with E-state index in [0.717, 1.165) is 34.0 Å². The number of ether oxygens (including phenoxy) is 1. The molecule has 7 nitrogen and oxygen atoms in total. The summed E-state index contributed by atoms with van der Waals surface area (Å²) in [6, 6.07) is 22.4. The fraction of sp³-hybridized carbons (Fsp3) is 0.258. The minimum Gasteiger partial charge on any atom is -0.375 e. The highest BCUT2D eigenvalue weighted by atomic mass is 32.1. The molecule has 0 aliphatic carbocycles. The van der Waals surface area contributed by atoms with Crippen molar-refractivity contribution in [3.05, 3.63) is 107 Å². The van der Waals surface area contributed by atoms with Crippen LogP contribution < -0.4 is 15.5 Å². The molecule has 1 saturated heterocycles. The fourth-order valence-electron chi connectivity index (χ4n) is 5.48. The Balaban J connectivity index is 1.62. The number of benzene rings is 2. The predicted molar refractivity (Wildman–Crippen MR) is 160 cm³/mol. The Morgan fingerprint density at radius 1 is 1.03 bits per heavy atom. The highest BCUT2D eigenvalue weighted by molar-refractivity contribution is 7.80. The fourth-order valence-corrected chi connectivity index (χ4v) is 5.82. The van der Waals surface area contributed by atoms with E-state index < -0.39 is 0 Å². The molecular weight excluding hydrogens is 506 g/mol. The van der Waals surface area contributed by atoms with Crippen LogP contribution in [0.1, 0.15) is 45.9 Å². The van der Waals surface area contributed by atoms with E-state index in [4.69, 9.17) is 21.9 Å². The summed E-state index contributed by atoms with van der Waals surface area (Å²) in [7, 11) is 1.51. The number of carbonyl (C=O) groups excluding carboxylic acids is 1. The number of pyridine rings is 1. The summed E-state index contributed by atoms with van der Waals surface area (Å²) >= 11 is 5.95. The third kappa shape index (κ3) is 5.05. The third-order valence-corrected chi connectivity index (χ3v) is 7.60. The molecule has 0 saturated carbocycles. The van der Waals surface area contributed by atoms with Crippen LogP contribution in [0.5, 0.6) is 0 Å². The van der Waals surface area contributed by atoms with Crippen molar-refractivity contribution in [2.45, 2.75) is 39.8 Å². The van der Waals surface area contributed by atoms with Crippen LogP contribution in [-0.4, -0.2) is 34.3 Å². The second kappa shape index (κ2) is 11.0. The summed E-state index contributed by atoms with van der Waals surface area (Å²) in [5, 5.41) is 7.10. The van der Waals surface area contributed by atoms with Crippen LogP contribution in [0.3, 0.4) is 0 Å². The number of thiocarbonyl (C=S) groups is 1. The van der Waals surface area contributed by atoms with Gasteiger partial charge in [-0.1, -0.05) is 24.3 Å². The van der Waals surface area contributed by atoms with Gasteiger partial charge in [0.2, 0.25) is 5.91 Å². The molecule has 200 valence electrons. The third-order valence-electron chi connectivity index (χ3n) is 7.28. The van der Waals surface area contributed by atoms with Gasteiger partial charge in [-0.2, -0.15) is 0 Å². The number of anilines is 2. The van der Waals surface area contributed by atoms with Crippen LogP contribution in [-0.2, 0) is 9.53 Å². The molecule has 3 heterocycles. The lowest BCUT2D eigenvalue weighted by atomic mass is 9.96. The van der Waals surface area contributed by atoms with E-state index in [9.17, 15) is 4.79 Å². The van der Waals surface area contributed by atoms with Gasteiger partial charge in [-0.25, -0.2) is 0 Å². The van der Waals surface area contributed by atoms with Crippen molar-refractivity contribution in [2.24, 2.45) is 0 Å². The van der Waals surface area contributed by atoms with Gasteiger partial charge >= 0.3 is 0 Å². The Bertz CT molecular complexity index is 1530. The molecule has 4 aromatic rings. The minimum absolute atomic E-state index is 0.00561. The normalized spacial score (nSPS) is 16.8. The molecule has 1 aliphatic heterocycles. The first-order valence-corrected chi connectivity index (χ1v) is 13.4. The number of nitrogens with one attached hydrogen (secondary N) is 2. The van der Waals surface area contributed by atoms with Gasteiger partial charge in [0, 0.05) is 41.8 Å². The van der Waals surface area contributed by atoms with Crippen molar-refractivity contribution < 1.29 is 9.53 Å². The van der Waals surface area contributed by atoms with E-state index in [1.807, 2.05) is 43.5 Å². The zero-order chi connectivity index (χ0) is 27.7. The molecule has 2 aromatic carbocycles. The molecule has 8 heteroatoms. The lowest BCUT2D eigenvalue weighted by Gasteiger charge is -2.29. The molecular formula is C31H33N5O2S. The number of carbonyl (C=O) groups is 1. The van der Waals surface area contributed by atoms with Crippen LogP contribution in [0, 0.1) is 27.7 Å². The molecule has 1 fully saturated rings. The van der Waals surface area contributed by atoms with Crippen LogP contribution in [0.25, 0.3) is 5.69 Å². The molecule has 2 aromatic heterocycles. The van der Waals surface area contributed by atoms with E-state index >= 15 is 0 Å². The van der Waals surface area contributed by atoms with Crippen molar-refractivity contribution in [2.75, 3.05) is 23.9 Å². The largest absolute Gasteiger partial charge is 0.375 e. The second-order valence-corrected chi connectivity index (χ2v) is 10.3. The van der Waals surface area contributed by atoms with Gasteiger partial charge in [-0.3, -0.25) is 9.78 Å². The van der Waals surface area contributed by atoms with Crippen molar-refractivity contribution in [3.63, 3.8) is 0 Å².